The van der Waals surface area contributed by atoms with E-state index in [0.29, 0.717) is 11.4 Å². The topological polar surface area (TPSA) is 29.1 Å². The highest BCUT2D eigenvalue weighted by Crippen LogP contribution is 2.30. The predicted octanol–water partition coefficient (Wildman–Crippen LogP) is 4.82. The molecular weight excluding hydrogens is 290 g/mol. The zero-order valence-corrected chi connectivity index (χ0v) is 13.0. The summed E-state index contributed by atoms with van der Waals surface area (Å²) < 4.78 is 0. The molecule has 0 aliphatic rings. The van der Waals surface area contributed by atoms with Crippen molar-refractivity contribution in [2.45, 2.75) is 13.3 Å². The molecule has 0 aliphatic heterocycles. The van der Waals surface area contributed by atoms with Crippen molar-refractivity contribution in [1.29, 1.82) is 0 Å². The van der Waals surface area contributed by atoms with Gasteiger partial charge < -0.3 is 5.32 Å². The second kappa shape index (κ2) is 6.82. The van der Waals surface area contributed by atoms with Gasteiger partial charge in [-0.15, -0.1) is 0 Å². The average Bonchev–Trinajstić information content (AvgIpc) is 2.44. The van der Waals surface area contributed by atoms with Crippen LogP contribution in [0.5, 0.6) is 0 Å². The van der Waals surface area contributed by atoms with Crippen molar-refractivity contribution in [2.24, 2.45) is 0 Å². The number of hydrogen-bond donors (Lipinski definition) is 1. The van der Waals surface area contributed by atoms with Gasteiger partial charge in [0, 0.05) is 12.1 Å². The molecule has 2 rings (SSSR count). The number of benzene rings is 2. The van der Waals surface area contributed by atoms with E-state index in [1.807, 2.05) is 49.4 Å². The van der Waals surface area contributed by atoms with Crippen LogP contribution in [-0.2, 0) is 11.2 Å². The SMILES string of the molecule is CSC(=O)Cc1ccccc1Nc1c(C)cccc1Cl. The van der Waals surface area contributed by atoms with Crippen molar-refractivity contribution >= 4 is 39.9 Å². The van der Waals surface area contributed by atoms with E-state index in [1.165, 1.54) is 11.8 Å². The lowest BCUT2D eigenvalue weighted by Gasteiger charge is -2.14. The molecule has 0 saturated heterocycles. The summed E-state index contributed by atoms with van der Waals surface area (Å²) in [5.41, 5.74) is 3.86. The fourth-order valence-electron chi connectivity index (χ4n) is 1.95. The smallest absolute Gasteiger partial charge is 0.193 e. The molecule has 0 heterocycles. The van der Waals surface area contributed by atoms with Crippen LogP contribution >= 0.6 is 23.4 Å². The summed E-state index contributed by atoms with van der Waals surface area (Å²) in [6, 6.07) is 13.6. The van der Waals surface area contributed by atoms with Crippen LogP contribution < -0.4 is 5.32 Å². The van der Waals surface area contributed by atoms with E-state index in [2.05, 4.69) is 5.32 Å². The maximum atomic E-state index is 11.6. The number of carbonyl (C=O) groups excluding carboxylic acids is 1. The van der Waals surface area contributed by atoms with Gasteiger partial charge in [-0.05, 0) is 36.4 Å². The minimum Gasteiger partial charge on any atom is -0.354 e. The molecule has 2 aromatic rings. The van der Waals surface area contributed by atoms with Gasteiger partial charge in [0.1, 0.15) is 0 Å². The standard InChI is InChI=1S/C16H16ClNOS/c1-11-6-5-8-13(17)16(11)18-14-9-4-3-7-12(14)10-15(19)20-2/h3-9,18H,10H2,1-2H3. The Bertz CT molecular complexity index is 607. The summed E-state index contributed by atoms with van der Waals surface area (Å²) in [7, 11) is 0. The van der Waals surface area contributed by atoms with Crippen molar-refractivity contribution in [3.05, 3.63) is 58.6 Å². The minimum absolute atomic E-state index is 0.148. The Kier molecular flexibility index (Phi) is 5.10. The minimum atomic E-state index is 0.148. The molecule has 0 bridgehead atoms. The summed E-state index contributed by atoms with van der Waals surface area (Å²) in [4.78, 5) is 11.6. The van der Waals surface area contributed by atoms with Crippen molar-refractivity contribution < 1.29 is 4.79 Å². The number of hydrogen-bond acceptors (Lipinski definition) is 3. The van der Waals surface area contributed by atoms with E-state index in [9.17, 15) is 4.79 Å². The Labute approximate surface area is 128 Å². The molecule has 104 valence electrons. The first-order chi connectivity index (χ1) is 9.61. The summed E-state index contributed by atoms with van der Waals surface area (Å²) in [6.07, 6.45) is 2.21. The molecule has 0 saturated carbocycles. The van der Waals surface area contributed by atoms with Crippen LogP contribution in [0.4, 0.5) is 11.4 Å². The molecule has 0 aliphatic carbocycles. The average molecular weight is 306 g/mol. The normalized spacial score (nSPS) is 10.3. The van der Waals surface area contributed by atoms with Crippen LogP contribution in [0.3, 0.4) is 0 Å². The Morgan fingerprint density at radius 1 is 1.20 bits per heavy atom. The molecule has 0 unspecified atom stereocenters. The lowest BCUT2D eigenvalue weighted by atomic mass is 10.1. The molecule has 0 fully saturated rings. The number of aryl methyl sites for hydroxylation is 1. The second-order valence-corrected chi connectivity index (χ2v) is 5.74. The highest BCUT2D eigenvalue weighted by Gasteiger charge is 2.09. The van der Waals surface area contributed by atoms with E-state index in [4.69, 9.17) is 11.6 Å². The summed E-state index contributed by atoms with van der Waals surface area (Å²) in [5.74, 6) is 0. The van der Waals surface area contributed by atoms with Gasteiger partial charge in [0.05, 0.1) is 10.7 Å². The maximum absolute atomic E-state index is 11.6. The third-order valence-electron chi connectivity index (χ3n) is 3.06. The quantitative estimate of drug-likeness (QED) is 0.877. The zero-order valence-electron chi connectivity index (χ0n) is 11.4. The largest absolute Gasteiger partial charge is 0.354 e. The van der Waals surface area contributed by atoms with Crippen molar-refractivity contribution in [1.82, 2.24) is 0 Å². The lowest BCUT2D eigenvalue weighted by molar-refractivity contribution is -0.110. The summed E-state index contributed by atoms with van der Waals surface area (Å²) >= 11 is 7.48. The van der Waals surface area contributed by atoms with Gasteiger partial charge in [-0.2, -0.15) is 0 Å². The predicted molar refractivity (Wildman–Crippen MR) is 88.1 cm³/mol. The molecule has 0 atom stereocenters. The van der Waals surface area contributed by atoms with E-state index >= 15 is 0 Å². The number of carbonyl (C=O) groups is 1. The van der Waals surface area contributed by atoms with Gasteiger partial charge in [-0.1, -0.05) is 53.7 Å². The fraction of sp³-hybridized carbons (Fsp3) is 0.188. The molecule has 2 nitrogen and oxygen atoms in total. The molecular formula is C16H16ClNOS. The Balaban J connectivity index is 2.32. The number of anilines is 2. The molecule has 0 spiro atoms. The van der Waals surface area contributed by atoms with Crippen molar-refractivity contribution in [2.75, 3.05) is 11.6 Å². The van der Waals surface area contributed by atoms with E-state index in [-0.39, 0.29) is 5.12 Å². The fourth-order valence-corrected chi connectivity index (χ4v) is 2.52. The lowest BCUT2D eigenvalue weighted by Crippen LogP contribution is -2.02. The van der Waals surface area contributed by atoms with Crippen LogP contribution in [0.15, 0.2) is 42.5 Å². The highest BCUT2D eigenvalue weighted by molar-refractivity contribution is 8.13. The molecule has 0 radical (unpaired) electrons. The summed E-state index contributed by atoms with van der Waals surface area (Å²) in [6.45, 7) is 2.00. The number of para-hydroxylation sites is 2. The molecule has 4 heteroatoms. The second-order valence-electron chi connectivity index (χ2n) is 4.47. The van der Waals surface area contributed by atoms with E-state index in [1.54, 1.807) is 6.26 Å². The van der Waals surface area contributed by atoms with Gasteiger partial charge in [0.25, 0.3) is 0 Å². The monoisotopic (exact) mass is 305 g/mol. The Morgan fingerprint density at radius 2 is 1.95 bits per heavy atom. The zero-order chi connectivity index (χ0) is 14.5. The Hall–Kier alpha value is -1.45. The number of nitrogens with one attached hydrogen (secondary N) is 1. The summed E-state index contributed by atoms with van der Waals surface area (Å²) in [5, 5.41) is 4.17. The van der Waals surface area contributed by atoms with E-state index < -0.39 is 0 Å². The van der Waals surface area contributed by atoms with Gasteiger partial charge in [-0.3, -0.25) is 4.79 Å². The van der Waals surface area contributed by atoms with Crippen LogP contribution in [0, 0.1) is 6.92 Å². The van der Waals surface area contributed by atoms with Gasteiger partial charge >= 0.3 is 0 Å². The van der Waals surface area contributed by atoms with Gasteiger partial charge in [0.2, 0.25) is 0 Å². The maximum Gasteiger partial charge on any atom is 0.193 e. The molecule has 20 heavy (non-hydrogen) atoms. The molecule has 0 amide bonds. The third-order valence-corrected chi connectivity index (χ3v) is 3.98. The van der Waals surface area contributed by atoms with Crippen molar-refractivity contribution in [3.63, 3.8) is 0 Å². The third kappa shape index (κ3) is 3.56. The molecule has 0 aromatic heterocycles. The van der Waals surface area contributed by atoms with Crippen LogP contribution in [0.25, 0.3) is 0 Å². The molecule has 2 aromatic carbocycles. The van der Waals surface area contributed by atoms with Crippen LogP contribution in [-0.4, -0.2) is 11.4 Å². The number of thioether (sulfide) groups is 1. The molecule has 1 N–H and O–H groups in total. The highest BCUT2D eigenvalue weighted by atomic mass is 35.5. The van der Waals surface area contributed by atoms with Crippen LogP contribution in [0.2, 0.25) is 5.02 Å². The van der Waals surface area contributed by atoms with Gasteiger partial charge in [-0.25, -0.2) is 0 Å². The van der Waals surface area contributed by atoms with Crippen LogP contribution in [0.1, 0.15) is 11.1 Å². The first kappa shape index (κ1) is 14.9. The first-order valence-electron chi connectivity index (χ1n) is 6.28. The van der Waals surface area contributed by atoms with Gasteiger partial charge in [0.15, 0.2) is 5.12 Å². The number of halogens is 1. The number of rotatable bonds is 4. The van der Waals surface area contributed by atoms with Crippen molar-refractivity contribution in [3.8, 4) is 0 Å². The first-order valence-corrected chi connectivity index (χ1v) is 7.89. The Morgan fingerprint density at radius 3 is 2.65 bits per heavy atom. The van der Waals surface area contributed by atoms with E-state index in [0.717, 1.165) is 22.5 Å².